The fourth-order valence-corrected chi connectivity index (χ4v) is 2.35. The lowest BCUT2D eigenvalue weighted by atomic mass is 9.80. The molecule has 1 aliphatic rings. The Labute approximate surface area is 126 Å². The van der Waals surface area contributed by atoms with E-state index in [1.807, 2.05) is 13.8 Å². The van der Waals surface area contributed by atoms with Crippen LogP contribution in [0.2, 0.25) is 0 Å². The van der Waals surface area contributed by atoms with Crippen molar-refractivity contribution in [1.29, 1.82) is 5.26 Å². The Kier molecular flexibility index (Phi) is 8.28. The van der Waals surface area contributed by atoms with Gasteiger partial charge in [-0.15, -0.1) is 0 Å². The topological polar surface area (TPSA) is 71.8 Å². The van der Waals surface area contributed by atoms with Crippen molar-refractivity contribution in [3.8, 4) is 6.07 Å². The van der Waals surface area contributed by atoms with Crippen LogP contribution in [0.1, 0.15) is 26.7 Å². The summed E-state index contributed by atoms with van der Waals surface area (Å²) in [6, 6.07) is 2.23. The Balaban J connectivity index is 2.69. The van der Waals surface area contributed by atoms with E-state index < -0.39 is 5.41 Å². The minimum atomic E-state index is -0.948. The molecule has 0 aliphatic carbocycles. The van der Waals surface area contributed by atoms with Gasteiger partial charge in [0.25, 0.3) is 0 Å². The second-order valence-corrected chi connectivity index (χ2v) is 4.99. The molecular formula is C15H26N2O4. The van der Waals surface area contributed by atoms with Crippen molar-refractivity contribution in [2.45, 2.75) is 26.7 Å². The van der Waals surface area contributed by atoms with Gasteiger partial charge < -0.3 is 19.1 Å². The van der Waals surface area contributed by atoms with E-state index >= 15 is 0 Å². The van der Waals surface area contributed by atoms with Crippen molar-refractivity contribution < 1.29 is 19.0 Å². The van der Waals surface area contributed by atoms with Gasteiger partial charge in [-0.3, -0.25) is 4.79 Å². The molecule has 1 heterocycles. The zero-order valence-electron chi connectivity index (χ0n) is 13.1. The van der Waals surface area contributed by atoms with Crippen LogP contribution in [0.4, 0.5) is 0 Å². The summed E-state index contributed by atoms with van der Waals surface area (Å²) in [5.74, 6) is -0.118. The molecule has 1 aliphatic heterocycles. The second-order valence-electron chi connectivity index (χ2n) is 4.99. The molecule has 0 aromatic heterocycles. The number of nitriles is 1. The molecule has 0 aromatic rings. The molecule has 1 fully saturated rings. The first-order valence-electron chi connectivity index (χ1n) is 7.64. The van der Waals surface area contributed by atoms with Crippen molar-refractivity contribution in [3.63, 3.8) is 0 Å². The minimum absolute atomic E-state index is 0.118. The number of hydrogen-bond donors (Lipinski definition) is 0. The third-order valence-corrected chi connectivity index (χ3v) is 3.68. The quantitative estimate of drug-likeness (QED) is 0.598. The van der Waals surface area contributed by atoms with E-state index in [-0.39, 0.29) is 5.91 Å². The van der Waals surface area contributed by atoms with Crippen LogP contribution in [0.5, 0.6) is 0 Å². The summed E-state index contributed by atoms with van der Waals surface area (Å²) in [5, 5.41) is 9.49. The number of carbonyl (C=O) groups is 1. The van der Waals surface area contributed by atoms with Crippen molar-refractivity contribution >= 4 is 5.91 Å². The van der Waals surface area contributed by atoms with Gasteiger partial charge in [0, 0.05) is 39.5 Å². The monoisotopic (exact) mass is 298 g/mol. The normalized spacial score (nSPS) is 17.2. The summed E-state index contributed by atoms with van der Waals surface area (Å²) in [5.41, 5.74) is -0.948. The average molecular weight is 298 g/mol. The number of ether oxygens (including phenoxy) is 3. The van der Waals surface area contributed by atoms with E-state index in [0.29, 0.717) is 65.6 Å². The molecule has 6 nitrogen and oxygen atoms in total. The SMILES string of the molecule is CCOCCN(CCOCC)C(=O)C1(C#N)CCOCC1. The maximum absolute atomic E-state index is 12.8. The molecule has 0 bridgehead atoms. The van der Waals surface area contributed by atoms with E-state index in [4.69, 9.17) is 14.2 Å². The molecule has 0 radical (unpaired) electrons. The third kappa shape index (κ3) is 5.27. The van der Waals surface area contributed by atoms with Gasteiger partial charge in [-0.1, -0.05) is 0 Å². The van der Waals surface area contributed by atoms with Crippen LogP contribution >= 0.6 is 0 Å². The Bertz CT molecular complexity index is 338. The first-order valence-corrected chi connectivity index (χ1v) is 7.64. The summed E-state index contributed by atoms with van der Waals surface area (Å²) in [7, 11) is 0. The van der Waals surface area contributed by atoms with Crippen LogP contribution < -0.4 is 0 Å². The highest BCUT2D eigenvalue weighted by Gasteiger charge is 2.42. The highest BCUT2D eigenvalue weighted by Crippen LogP contribution is 2.31. The molecule has 1 rings (SSSR count). The largest absolute Gasteiger partial charge is 0.381 e. The smallest absolute Gasteiger partial charge is 0.243 e. The van der Waals surface area contributed by atoms with Gasteiger partial charge in [0.1, 0.15) is 5.41 Å². The second kappa shape index (κ2) is 9.72. The van der Waals surface area contributed by atoms with Gasteiger partial charge >= 0.3 is 0 Å². The van der Waals surface area contributed by atoms with E-state index in [9.17, 15) is 10.1 Å². The Morgan fingerprint density at radius 1 is 1.19 bits per heavy atom. The zero-order valence-corrected chi connectivity index (χ0v) is 13.1. The van der Waals surface area contributed by atoms with Crippen LogP contribution in [0.15, 0.2) is 0 Å². The van der Waals surface area contributed by atoms with Crippen molar-refractivity contribution in [1.82, 2.24) is 4.90 Å². The van der Waals surface area contributed by atoms with Crippen molar-refractivity contribution in [2.75, 3.05) is 52.7 Å². The molecule has 6 heteroatoms. The predicted molar refractivity (Wildman–Crippen MR) is 77.7 cm³/mol. The lowest BCUT2D eigenvalue weighted by molar-refractivity contribution is -0.145. The maximum Gasteiger partial charge on any atom is 0.243 e. The van der Waals surface area contributed by atoms with E-state index in [2.05, 4.69) is 6.07 Å². The average Bonchev–Trinajstić information content (AvgIpc) is 2.53. The molecular weight excluding hydrogens is 272 g/mol. The van der Waals surface area contributed by atoms with Crippen LogP contribution in [0.25, 0.3) is 0 Å². The lowest BCUT2D eigenvalue weighted by Crippen LogP contribution is -2.48. The van der Waals surface area contributed by atoms with Crippen molar-refractivity contribution in [3.05, 3.63) is 0 Å². The zero-order chi connectivity index (χ0) is 15.6. The lowest BCUT2D eigenvalue weighted by Gasteiger charge is -2.34. The molecule has 0 N–H and O–H groups in total. The highest BCUT2D eigenvalue weighted by molar-refractivity contribution is 5.85. The van der Waals surface area contributed by atoms with Crippen LogP contribution in [0, 0.1) is 16.7 Å². The molecule has 21 heavy (non-hydrogen) atoms. The maximum atomic E-state index is 12.8. The van der Waals surface area contributed by atoms with Gasteiger partial charge in [-0.2, -0.15) is 5.26 Å². The minimum Gasteiger partial charge on any atom is -0.381 e. The summed E-state index contributed by atoms with van der Waals surface area (Å²) >= 11 is 0. The number of nitrogens with zero attached hydrogens (tertiary/aromatic N) is 2. The van der Waals surface area contributed by atoms with Gasteiger partial charge in [0.05, 0.1) is 19.3 Å². The Morgan fingerprint density at radius 2 is 1.71 bits per heavy atom. The van der Waals surface area contributed by atoms with Gasteiger partial charge in [-0.05, 0) is 26.7 Å². The van der Waals surface area contributed by atoms with Gasteiger partial charge in [-0.25, -0.2) is 0 Å². The number of amides is 1. The molecule has 120 valence electrons. The van der Waals surface area contributed by atoms with Gasteiger partial charge in [0.2, 0.25) is 5.91 Å². The fourth-order valence-electron chi connectivity index (χ4n) is 2.35. The molecule has 1 saturated heterocycles. The fraction of sp³-hybridized carbons (Fsp3) is 0.867. The van der Waals surface area contributed by atoms with E-state index in [1.54, 1.807) is 4.90 Å². The number of hydrogen-bond acceptors (Lipinski definition) is 5. The number of rotatable bonds is 9. The van der Waals surface area contributed by atoms with E-state index in [0.717, 1.165) is 0 Å². The van der Waals surface area contributed by atoms with Gasteiger partial charge in [0.15, 0.2) is 0 Å². The summed E-state index contributed by atoms with van der Waals surface area (Å²) in [6.07, 6.45) is 0.921. The predicted octanol–water partition coefficient (Wildman–Crippen LogP) is 1.21. The summed E-state index contributed by atoms with van der Waals surface area (Å²) < 4.78 is 15.9. The first kappa shape index (κ1) is 17.9. The first-order chi connectivity index (χ1) is 10.2. The van der Waals surface area contributed by atoms with Crippen LogP contribution in [-0.4, -0.2) is 63.5 Å². The molecule has 1 amide bonds. The molecule has 0 saturated carbocycles. The Morgan fingerprint density at radius 3 is 2.14 bits per heavy atom. The molecule has 0 spiro atoms. The van der Waals surface area contributed by atoms with Crippen molar-refractivity contribution in [2.24, 2.45) is 5.41 Å². The molecule has 0 unspecified atom stereocenters. The number of carbonyl (C=O) groups excluding carboxylic acids is 1. The Hall–Kier alpha value is -1.16. The van der Waals surface area contributed by atoms with Crippen LogP contribution in [0.3, 0.4) is 0 Å². The molecule has 0 aromatic carbocycles. The molecule has 0 atom stereocenters. The summed E-state index contributed by atoms with van der Waals surface area (Å²) in [4.78, 5) is 14.5. The summed E-state index contributed by atoms with van der Waals surface area (Å²) in [6.45, 7) is 7.93. The third-order valence-electron chi connectivity index (χ3n) is 3.68. The van der Waals surface area contributed by atoms with Crippen LogP contribution in [-0.2, 0) is 19.0 Å². The highest BCUT2D eigenvalue weighted by atomic mass is 16.5. The standard InChI is InChI=1S/C15H26N2O4/c1-3-19-11-7-17(8-12-20-4-2)14(18)15(13-16)5-9-21-10-6-15/h3-12H2,1-2H3. The van der Waals surface area contributed by atoms with E-state index in [1.165, 1.54) is 0 Å².